The topological polar surface area (TPSA) is 95.6 Å². The number of hydrogen-bond acceptors (Lipinski definition) is 4. The van der Waals surface area contributed by atoms with Crippen LogP contribution in [0.15, 0.2) is 53.4 Å². The van der Waals surface area contributed by atoms with Gasteiger partial charge in [0, 0.05) is 42.8 Å². The number of carbonyl (C=O) groups is 2. The molecular weight excluding hydrogens is 438 g/mol. The number of nitrogens with one attached hydrogen (secondary N) is 2. The normalized spacial score (nSPS) is 11.4. The second kappa shape index (κ2) is 11.8. The average Bonchev–Trinajstić information content (AvgIpc) is 2.75. The molecule has 2 rings (SSSR count). The molecule has 168 valence electrons. The second-order valence-electron chi connectivity index (χ2n) is 7.12. The number of halogens is 1. The molecule has 0 saturated heterocycles. The summed E-state index contributed by atoms with van der Waals surface area (Å²) in [7, 11) is -1.97. The first-order chi connectivity index (χ1) is 14.7. The van der Waals surface area contributed by atoms with Crippen LogP contribution in [0.3, 0.4) is 0 Å². The molecule has 0 aliphatic rings. The van der Waals surface area contributed by atoms with Gasteiger partial charge in [-0.25, -0.2) is 12.7 Å². The van der Waals surface area contributed by atoms with E-state index < -0.39 is 10.0 Å². The molecule has 0 bridgehead atoms. The van der Waals surface area contributed by atoms with Crippen molar-refractivity contribution in [1.82, 2.24) is 9.62 Å². The van der Waals surface area contributed by atoms with Gasteiger partial charge in [-0.3, -0.25) is 9.59 Å². The van der Waals surface area contributed by atoms with Crippen LogP contribution in [0.1, 0.15) is 43.0 Å². The minimum Gasteiger partial charge on any atom is -0.352 e. The Morgan fingerprint density at radius 3 is 2.26 bits per heavy atom. The van der Waals surface area contributed by atoms with Gasteiger partial charge < -0.3 is 10.6 Å². The van der Waals surface area contributed by atoms with E-state index in [2.05, 4.69) is 10.6 Å². The van der Waals surface area contributed by atoms with Gasteiger partial charge in [0.2, 0.25) is 15.9 Å². The lowest BCUT2D eigenvalue weighted by Crippen LogP contribution is -2.27. The van der Waals surface area contributed by atoms with E-state index >= 15 is 0 Å². The van der Waals surface area contributed by atoms with E-state index in [0.29, 0.717) is 35.8 Å². The SMILES string of the molecule is CCCCN(C)S(=O)(=O)c1ccc(NC(=O)CCCNC(=O)c2ccc(Cl)cc2)cc1. The number of carbonyl (C=O) groups excluding carboxylic acids is 2. The van der Waals surface area contributed by atoms with Crippen LogP contribution in [0.2, 0.25) is 5.02 Å². The third-order valence-corrected chi connectivity index (χ3v) is 6.77. The molecule has 2 aromatic carbocycles. The van der Waals surface area contributed by atoms with Crippen LogP contribution in [0.5, 0.6) is 0 Å². The van der Waals surface area contributed by atoms with Crippen LogP contribution in [0.4, 0.5) is 5.69 Å². The Morgan fingerprint density at radius 2 is 1.65 bits per heavy atom. The summed E-state index contributed by atoms with van der Waals surface area (Å²) in [6.07, 6.45) is 2.40. The van der Waals surface area contributed by atoms with Crippen LogP contribution in [-0.2, 0) is 14.8 Å². The number of anilines is 1. The number of nitrogens with zero attached hydrogens (tertiary/aromatic N) is 1. The lowest BCUT2D eigenvalue weighted by molar-refractivity contribution is -0.116. The molecular formula is C22H28ClN3O4S. The van der Waals surface area contributed by atoms with Gasteiger partial charge >= 0.3 is 0 Å². The first-order valence-electron chi connectivity index (χ1n) is 10.1. The zero-order valence-corrected chi connectivity index (χ0v) is 19.3. The lowest BCUT2D eigenvalue weighted by atomic mass is 10.2. The molecule has 0 atom stereocenters. The van der Waals surface area contributed by atoms with E-state index in [9.17, 15) is 18.0 Å². The summed E-state index contributed by atoms with van der Waals surface area (Å²) in [6.45, 7) is 2.83. The molecule has 0 aliphatic carbocycles. The second-order valence-corrected chi connectivity index (χ2v) is 9.60. The van der Waals surface area contributed by atoms with Gasteiger partial charge in [0.05, 0.1) is 4.90 Å². The summed E-state index contributed by atoms with van der Waals surface area (Å²) in [5, 5.41) is 6.05. The van der Waals surface area contributed by atoms with Crippen LogP contribution in [-0.4, -0.2) is 44.7 Å². The van der Waals surface area contributed by atoms with Crippen LogP contribution >= 0.6 is 11.6 Å². The lowest BCUT2D eigenvalue weighted by Gasteiger charge is -2.17. The van der Waals surface area contributed by atoms with Crippen molar-refractivity contribution >= 4 is 39.1 Å². The molecule has 2 aromatic rings. The number of sulfonamides is 1. The summed E-state index contributed by atoms with van der Waals surface area (Å²) >= 11 is 5.80. The minimum absolute atomic E-state index is 0.189. The Bertz CT molecular complexity index is 977. The maximum absolute atomic E-state index is 12.5. The van der Waals surface area contributed by atoms with Crippen molar-refractivity contribution in [2.75, 3.05) is 25.5 Å². The molecule has 0 heterocycles. The van der Waals surface area contributed by atoms with Crippen LogP contribution in [0, 0.1) is 0 Å². The number of unbranched alkanes of at least 4 members (excludes halogenated alkanes) is 1. The summed E-state index contributed by atoms with van der Waals surface area (Å²) in [6, 6.07) is 12.7. The Balaban J connectivity index is 1.78. The van der Waals surface area contributed by atoms with Crippen molar-refractivity contribution in [1.29, 1.82) is 0 Å². The summed E-state index contributed by atoms with van der Waals surface area (Å²) in [5.41, 5.74) is 1.02. The van der Waals surface area contributed by atoms with Crippen molar-refractivity contribution in [2.24, 2.45) is 0 Å². The highest BCUT2D eigenvalue weighted by molar-refractivity contribution is 7.89. The number of hydrogen-bond donors (Lipinski definition) is 2. The molecule has 31 heavy (non-hydrogen) atoms. The average molecular weight is 466 g/mol. The van der Waals surface area contributed by atoms with Gasteiger partial charge in [-0.2, -0.15) is 0 Å². The maximum Gasteiger partial charge on any atom is 0.251 e. The predicted octanol–water partition coefficient (Wildman–Crippen LogP) is 3.91. The standard InChI is InChI=1S/C22H28ClN3O4S/c1-3-4-16-26(2)31(29,30)20-13-11-19(12-14-20)25-21(27)6-5-15-24-22(28)17-7-9-18(23)10-8-17/h7-14H,3-6,15-16H2,1-2H3,(H,24,28)(H,25,27). The van der Waals surface area contributed by atoms with Gasteiger partial charge in [-0.05, 0) is 61.4 Å². The predicted molar refractivity (Wildman–Crippen MR) is 123 cm³/mol. The first-order valence-corrected chi connectivity index (χ1v) is 12.0. The Labute approximate surface area is 188 Å². The number of rotatable bonds is 11. The minimum atomic E-state index is -3.53. The molecule has 7 nitrogen and oxygen atoms in total. The zero-order valence-electron chi connectivity index (χ0n) is 17.7. The van der Waals surface area contributed by atoms with Crippen molar-refractivity contribution in [3.8, 4) is 0 Å². The molecule has 0 aliphatic heterocycles. The Morgan fingerprint density at radius 1 is 1.00 bits per heavy atom. The fourth-order valence-electron chi connectivity index (χ4n) is 2.77. The quantitative estimate of drug-likeness (QED) is 0.492. The van der Waals surface area contributed by atoms with Crippen molar-refractivity contribution in [3.05, 3.63) is 59.1 Å². The molecule has 2 N–H and O–H groups in total. The monoisotopic (exact) mass is 465 g/mol. The third kappa shape index (κ3) is 7.65. The molecule has 0 fully saturated rings. The van der Waals surface area contributed by atoms with Gasteiger partial charge in [-0.1, -0.05) is 24.9 Å². The van der Waals surface area contributed by atoms with E-state index in [1.165, 1.54) is 16.4 Å². The van der Waals surface area contributed by atoms with Gasteiger partial charge in [-0.15, -0.1) is 0 Å². The van der Waals surface area contributed by atoms with Crippen LogP contribution < -0.4 is 10.6 Å². The molecule has 0 saturated carbocycles. The molecule has 0 spiro atoms. The van der Waals surface area contributed by atoms with Crippen molar-refractivity contribution in [3.63, 3.8) is 0 Å². The summed E-state index contributed by atoms with van der Waals surface area (Å²) < 4.78 is 26.4. The highest BCUT2D eigenvalue weighted by Crippen LogP contribution is 2.18. The van der Waals surface area contributed by atoms with E-state index in [-0.39, 0.29) is 23.1 Å². The van der Waals surface area contributed by atoms with Crippen molar-refractivity contribution in [2.45, 2.75) is 37.5 Å². The van der Waals surface area contributed by atoms with Crippen molar-refractivity contribution < 1.29 is 18.0 Å². The van der Waals surface area contributed by atoms with E-state index in [1.54, 1.807) is 43.4 Å². The maximum atomic E-state index is 12.5. The highest BCUT2D eigenvalue weighted by atomic mass is 35.5. The molecule has 2 amide bonds. The summed E-state index contributed by atoms with van der Waals surface area (Å²) in [4.78, 5) is 24.3. The van der Waals surface area contributed by atoms with Gasteiger partial charge in [0.25, 0.3) is 5.91 Å². The van der Waals surface area contributed by atoms with E-state index in [0.717, 1.165) is 12.8 Å². The Hall–Kier alpha value is -2.42. The molecule has 0 aromatic heterocycles. The summed E-state index contributed by atoms with van der Waals surface area (Å²) in [5.74, 6) is -0.436. The van der Waals surface area contributed by atoms with Crippen LogP contribution in [0.25, 0.3) is 0 Å². The largest absolute Gasteiger partial charge is 0.352 e. The highest BCUT2D eigenvalue weighted by Gasteiger charge is 2.20. The number of amides is 2. The number of benzene rings is 2. The first kappa shape index (κ1) is 24.8. The smallest absolute Gasteiger partial charge is 0.251 e. The fourth-order valence-corrected chi connectivity index (χ4v) is 4.10. The zero-order chi connectivity index (χ0) is 22.9. The van der Waals surface area contributed by atoms with Gasteiger partial charge in [0.15, 0.2) is 0 Å². The fraction of sp³-hybridized carbons (Fsp3) is 0.364. The molecule has 0 unspecified atom stereocenters. The molecule has 0 radical (unpaired) electrons. The molecule has 9 heteroatoms. The van der Waals surface area contributed by atoms with E-state index in [1.807, 2.05) is 6.92 Å². The van der Waals surface area contributed by atoms with Gasteiger partial charge in [0.1, 0.15) is 0 Å². The Kier molecular flexibility index (Phi) is 9.48. The third-order valence-electron chi connectivity index (χ3n) is 4.65. The van der Waals surface area contributed by atoms with E-state index in [4.69, 9.17) is 11.6 Å².